The second-order valence-corrected chi connectivity index (χ2v) is 6.33. The molecule has 6 heteroatoms. The fourth-order valence-corrected chi connectivity index (χ4v) is 2.65. The molecule has 1 saturated carbocycles. The van der Waals surface area contributed by atoms with E-state index in [1.807, 2.05) is 0 Å². The van der Waals surface area contributed by atoms with E-state index >= 15 is 0 Å². The summed E-state index contributed by atoms with van der Waals surface area (Å²) >= 11 is 0. The van der Waals surface area contributed by atoms with Gasteiger partial charge in [-0.1, -0.05) is 6.58 Å². The first-order chi connectivity index (χ1) is 7.85. The maximum atomic E-state index is 11.5. The highest BCUT2D eigenvalue weighted by Crippen LogP contribution is 2.23. The minimum Gasteiger partial charge on any atom is -0.457 e. The molecule has 17 heavy (non-hydrogen) atoms. The molecule has 1 aliphatic carbocycles. The van der Waals surface area contributed by atoms with Gasteiger partial charge in [-0.05, 0) is 33.1 Å². The lowest BCUT2D eigenvalue weighted by molar-refractivity contribution is -0.144. The van der Waals surface area contributed by atoms with Gasteiger partial charge >= 0.3 is 5.97 Å². The predicted octanol–water partition coefficient (Wildman–Crippen LogP) is 0.966. The Labute approximate surface area is 102 Å². The van der Waals surface area contributed by atoms with E-state index < -0.39 is 16.0 Å². The number of ether oxygens (including phenoxy) is 1. The standard InChI is InChI=1S/C11H19NO4S/c1-4-17(14,15)12-9-6-5-7-10(9)16-11(13)8(2)3/h9-10,12H,2,4-7H2,1,3H3. The van der Waals surface area contributed by atoms with Crippen molar-refractivity contribution in [1.82, 2.24) is 4.72 Å². The van der Waals surface area contributed by atoms with Crippen LogP contribution in [-0.4, -0.2) is 32.3 Å². The first-order valence-electron chi connectivity index (χ1n) is 5.72. The Morgan fingerprint density at radius 1 is 1.47 bits per heavy atom. The third-order valence-corrected chi connectivity index (χ3v) is 4.19. The number of hydrogen-bond acceptors (Lipinski definition) is 4. The summed E-state index contributed by atoms with van der Waals surface area (Å²) in [6, 6.07) is -0.303. The Bertz CT molecular complexity index is 402. The van der Waals surface area contributed by atoms with Crippen molar-refractivity contribution >= 4 is 16.0 Å². The topological polar surface area (TPSA) is 72.5 Å². The predicted molar refractivity (Wildman–Crippen MR) is 64.9 cm³/mol. The maximum absolute atomic E-state index is 11.5. The summed E-state index contributed by atoms with van der Waals surface area (Å²) in [5, 5.41) is 0. The van der Waals surface area contributed by atoms with Crippen molar-refractivity contribution < 1.29 is 17.9 Å². The molecule has 1 N–H and O–H groups in total. The van der Waals surface area contributed by atoms with Gasteiger partial charge in [0.05, 0.1) is 11.8 Å². The number of sulfonamides is 1. The van der Waals surface area contributed by atoms with Crippen molar-refractivity contribution in [3.63, 3.8) is 0 Å². The van der Waals surface area contributed by atoms with Crippen LogP contribution in [0.25, 0.3) is 0 Å². The third-order valence-electron chi connectivity index (χ3n) is 2.77. The molecular weight excluding hydrogens is 242 g/mol. The second kappa shape index (κ2) is 5.64. The van der Waals surface area contributed by atoms with Gasteiger partial charge in [0.15, 0.2) is 0 Å². The van der Waals surface area contributed by atoms with Crippen molar-refractivity contribution in [2.75, 3.05) is 5.75 Å². The van der Waals surface area contributed by atoms with Crippen molar-refractivity contribution in [3.8, 4) is 0 Å². The van der Waals surface area contributed by atoms with Crippen LogP contribution in [0, 0.1) is 0 Å². The molecule has 5 nitrogen and oxygen atoms in total. The summed E-state index contributed by atoms with van der Waals surface area (Å²) in [5.74, 6) is -0.428. The fraction of sp³-hybridized carbons (Fsp3) is 0.727. The molecule has 0 aliphatic heterocycles. The Kier molecular flexibility index (Phi) is 4.70. The van der Waals surface area contributed by atoms with Crippen molar-refractivity contribution in [1.29, 1.82) is 0 Å². The van der Waals surface area contributed by atoms with E-state index in [0.717, 1.165) is 6.42 Å². The lowest BCUT2D eigenvalue weighted by Crippen LogP contribution is -2.42. The van der Waals surface area contributed by atoms with Gasteiger partial charge in [-0.2, -0.15) is 0 Å². The van der Waals surface area contributed by atoms with Crippen LogP contribution in [0.3, 0.4) is 0 Å². The average molecular weight is 261 g/mol. The number of carbonyl (C=O) groups is 1. The first-order valence-corrected chi connectivity index (χ1v) is 7.37. The summed E-state index contributed by atoms with van der Waals surface area (Å²) in [6.07, 6.45) is 1.87. The molecule has 0 heterocycles. The van der Waals surface area contributed by atoms with E-state index in [1.54, 1.807) is 13.8 Å². The number of esters is 1. The molecule has 0 aromatic carbocycles. The van der Waals surface area contributed by atoms with Gasteiger partial charge in [-0.25, -0.2) is 17.9 Å². The van der Waals surface area contributed by atoms with Crippen molar-refractivity contribution in [2.24, 2.45) is 0 Å². The number of hydrogen-bond donors (Lipinski definition) is 1. The van der Waals surface area contributed by atoms with Crippen molar-refractivity contribution in [2.45, 2.75) is 45.3 Å². The van der Waals surface area contributed by atoms with Gasteiger partial charge in [0.2, 0.25) is 10.0 Å². The maximum Gasteiger partial charge on any atom is 0.333 e. The summed E-state index contributed by atoms with van der Waals surface area (Å²) in [6.45, 7) is 6.65. The summed E-state index contributed by atoms with van der Waals surface area (Å²) in [7, 11) is -3.26. The van der Waals surface area contributed by atoms with E-state index in [9.17, 15) is 13.2 Å². The van der Waals surface area contributed by atoms with Crippen LogP contribution >= 0.6 is 0 Å². The third kappa shape index (κ3) is 4.12. The lowest BCUT2D eigenvalue weighted by Gasteiger charge is -2.20. The van der Waals surface area contributed by atoms with Gasteiger partial charge in [0.25, 0.3) is 0 Å². The summed E-state index contributed by atoms with van der Waals surface area (Å²) < 4.78 is 30.7. The van der Waals surface area contributed by atoms with Crippen molar-refractivity contribution in [3.05, 3.63) is 12.2 Å². The molecule has 1 rings (SSSR count). The summed E-state index contributed by atoms with van der Waals surface area (Å²) in [5.41, 5.74) is 0.328. The molecule has 2 unspecified atom stereocenters. The normalized spacial score (nSPS) is 24.6. The van der Waals surface area contributed by atoms with Gasteiger partial charge in [-0.3, -0.25) is 0 Å². The van der Waals surface area contributed by atoms with Crippen LogP contribution in [0.15, 0.2) is 12.2 Å². The molecule has 2 atom stereocenters. The molecule has 0 saturated heterocycles. The minimum absolute atomic E-state index is 0.0324. The highest BCUT2D eigenvalue weighted by molar-refractivity contribution is 7.89. The quantitative estimate of drug-likeness (QED) is 0.591. The molecular formula is C11H19NO4S. The molecule has 98 valence electrons. The van der Waals surface area contributed by atoms with E-state index in [-0.39, 0.29) is 17.9 Å². The molecule has 0 radical (unpaired) electrons. The Morgan fingerprint density at radius 3 is 2.65 bits per heavy atom. The summed E-state index contributed by atoms with van der Waals surface area (Å²) in [4.78, 5) is 11.4. The smallest absolute Gasteiger partial charge is 0.333 e. The van der Waals surface area contributed by atoms with Crippen LogP contribution in [-0.2, 0) is 19.6 Å². The Hall–Kier alpha value is -0.880. The van der Waals surface area contributed by atoms with E-state index in [4.69, 9.17) is 4.74 Å². The zero-order valence-electron chi connectivity index (χ0n) is 10.2. The second-order valence-electron chi connectivity index (χ2n) is 4.28. The highest BCUT2D eigenvalue weighted by Gasteiger charge is 2.33. The zero-order valence-corrected chi connectivity index (χ0v) is 11.0. The first kappa shape index (κ1) is 14.2. The van der Waals surface area contributed by atoms with Crippen LogP contribution < -0.4 is 4.72 Å². The molecule has 0 aromatic rings. The van der Waals surface area contributed by atoms with Gasteiger partial charge in [0.1, 0.15) is 6.10 Å². The minimum atomic E-state index is -3.26. The average Bonchev–Trinajstić information content (AvgIpc) is 2.65. The molecule has 1 fully saturated rings. The Morgan fingerprint density at radius 2 is 2.12 bits per heavy atom. The molecule has 0 bridgehead atoms. The van der Waals surface area contributed by atoms with Crippen LogP contribution in [0.5, 0.6) is 0 Å². The largest absolute Gasteiger partial charge is 0.457 e. The monoisotopic (exact) mass is 261 g/mol. The van der Waals surface area contributed by atoms with Crippen LogP contribution in [0.1, 0.15) is 33.1 Å². The van der Waals surface area contributed by atoms with Gasteiger partial charge < -0.3 is 4.74 Å². The van der Waals surface area contributed by atoms with Crippen LogP contribution in [0.2, 0.25) is 0 Å². The molecule has 0 aromatic heterocycles. The zero-order chi connectivity index (χ0) is 13.1. The number of carbonyl (C=O) groups excluding carboxylic acids is 1. The fourth-order valence-electron chi connectivity index (χ4n) is 1.75. The molecule has 1 aliphatic rings. The number of nitrogens with one attached hydrogen (secondary N) is 1. The SMILES string of the molecule is C=C(C)C(=O)OC1CCCC1NS(=O)(=O)CC. The molecule has 0 spiro atoms. The van der Waals surface area contributed by atoms with Gasteiger partial charge in [-0.15, -0.1) is 0 Å². The Balaban J connectivity index is 2.61. The van der Waals surface area contributed by atoms with Gasteiger partial charge in [0, 0.05) is 5.57 Å². The van der Waals surface area contributed by atoms with E-state index in [1.165, 1.54) is 0 Å². The van der Waals surface area contributed by atoms with E-state index in [0.29, 0.717) is 18.4 Å². The van der Waals surface area contributed by atoms with Crippen LogP contribution in [0.4, 0.5) is 0 Å². The lowest BCUT2D eigenvalue weighted by atomic mass is 10.2. The number of rotatable bonds is 5. The van der Waals surface area contributed by atoms with E-state index in [2.05, 4.69) is 11.3 Å². The highest BCUT2D eigenvalue weighted by atomic mass is 32.2. The molecule has 0 amide bonds.